The van der Waals surface area contributed by atoms with Crippen molar-refractivity contribution in [3.63, 3.8) is 0 Å². The van der Waals surface area contributed by atoms with Gasteiger partial charge in [0, 0.05) is 23.0 Å². The minimum absolute atomic E-state index is 0.241. The van der Waals surface area contributed by atoms with E-state index in [1.165, 1.54) is 6.21 Å². The largest absolute Gasteiger partial charge is 0.497 e. The SMILES string of the molecule is COc1ccc(/C=N\OCC(=O)OCC(=O)c2cc(C)n(C(C)C)c2C)cc1. The normalized spacial score (nSPS) is 11.1. The number of oxime groups is 1. The van der Waals surface area contributed by atoms with Gasteiger partial charge in [-0.2, -0.15) is 0 Å². The summed E-state index contributed by atoms with van der Waals surface area (Å²) >= 11 is 0. The fourth-order valence-corrected chi connectivity index (χ4v) is 3.00. The van der Waals surface area contributed by atoms with Crippen molar-refractivity contribution in [1.82, 2.24) is 4.57 Å². The van der Waals surface area contributed by atoms with Crippen molar-refractivity contribution in [2.75, 3.05) is 20.3 Å². The molecule has 0 aliphatic carbocycles. The first kappa shape index (κ1) is 21.2. The number of methoxy groups -OCH3 is 1. The van der Waals surface area contributed by atoms with Gasteiger partial charge in [-0.25, -0.2) is 4.79 Å². The molecule has 0 amide bonds. The zero-order valence-corrected chi connectivity index (χ0v) is 16.9. The van der Waals surface area contributed by atoms with Gasteiger partial charge in [-0.05, 0) is 63.6 Å². The summed E-state index contributed by atoms with van der Waals surface area (Å²) in [6, 6.07) is 9.25. The molecule has 1 heterocycles. The van der Waals surface area contributed by atoms with Crippen LogP contribution in [-0.4, -0.2) is 42.9 Å². The second-order valence-electron chi connectivity index (χ2n) is 6.61. The molecule has 0 bridgehead atoms. The van der Waals surface area contributed by atoms with Crippen LogP contribution in [0.1, 0.15) is 47.2 Å². The zero-order valence-electron chi connectivity index (χ0n) is 16.9. The van der Waals surface area contributed by atoms with Gasteiger partial charge in [0.2, 0.25) is 12.4 Å². The van der Waals surface area contributed by atoms with E-state index < -0.39 is 5.97 Å². The molecule has 7 heteroatoms. The van der Waals surface area contributed by atoms with Crippen LogP contribution in [0, 0.1) is 13.8 Å². The monoisotopic (exact) mass is 386 g/mol. The number of ether oxygens (including phenoxy) is 2. The Balaban J connectivity index is 1.80. The van der Waals surface area contributed by atoms with Crippen LogP contribution in [-0.2, 0) is 14.4 Å². The lowest BCUT2D eigenvalue weighted by atomic mass is 10.1. The molecule has 0 spiro atoms. The Hall–Kier alpha value is -3.09. The van der Waals surface area contributed by atoms with Crippen molar-refractivity contribution in [1.29, 1.82) is 0 Å². The van der Waals surface area contributed by atoms with E-state index in [0.717, 1.165) is 22.7 Å². The predicted molar refractivity (Wildman–Crippen MR) is 106 cm³/mol. The highest BCUT2D eigenvalue weighted by Gasteiger charge is 2.18. The standard InChI is InChI=1S/C21H26N2O5/c1-14(2)23-15(3)10-19(16(23)4)20(24)12-27-21(25)13-28-22-11-17-6-8-18(26-5)9-7-17/h6-11,14H,12-13H2,1-5H3/b22-11-. The highest BCUT2D eigenvalue weighted by molar-refractivity contribution is 5.99. The van der Waals surface area contributed by atoms with Crippen LogP contribution in [0.2, 0.25) is 0 Å². The Morgan fingerprint density at radius 2 is 1.82 bits per heavy atom. The molecule has 2 aromatic rings. The molecule has 1 aromatic carbocycles. The molecule has 7 nitrogen and oxygen atoms in total. The third-order valence-electron chi connectivity index (χ3n) is 4.24. The number of carbonyl (C=O) groups excluding carboxylic acids is 2. The van der Waals surface area contributed by atoms with E-state index in [-0.39, 0.29) is 25.0 Å². The van der Waals surface area contributed by atoms with Gasteiger partial charge in [-0.3, -0.25) is 4.79 Å². The van der Waals surface area contributed by atoms with E-state index in [1.807, 2.05) is 19.9 Å². The quantitative estimate of drug-likeness (QED) is 0.285. The first-order valence-corrected chi connectivity index (χ1v) is 9.00. The van der Waals surface area contributed by atoms with Crippen molar-refractivity contribution in [2.24, 2.45) is 5.16 Å². The lowest BCUT2D eigenvalue weighted by Crippen LogP contribution is -2.18. The van der Waals surface area contributed by atoms with E-state index in [0.29, 0.717) is 5.56 Å². The smallest absolute Gasteiger partial charge is 0.347 e. The summed E-state index contributed by atoms with van der Waals surface area (Å²) < 4.78 is 12.1. The van der Waals surface area contributed by atoms with Crippen molar-refractivity contribution in [3.05, 3.63) is 52.8 Å². The van der Waals surface area contributed by atoms with Crippen LogP contribution in [0.25, 0.3) is 0 Å². The molecule has 0 radical (unpaired) electrons. The molecule has 0 atom stereocenters. The lowest BCUT2D eigenvalue weighted by molar-refractivity contribution is -0.147. The van der Waals surface area contributed by atoms with Crippen LogP contribution in [0.5, 0.6) is 5.75 Å². The van der Waals surface area contributed by atoms with Gasteiger partial charge in [-0.15, -0.1) is 0 Å². The number of nitrogens with zero attached hydrogens (tertiary/aromatic N) is 2. The molecule has 0 fully saturated rings. The second kappa shape index (κ2) is 9.73. The van der Waals surface area contributed by atoms with Gasteiger partial charge < -0.3 is 18.9 Å². The summed E-state index contributed by atoms with van der Waals surface area (Å²) in [6.45, 7) is 7.25. The Morgan fingerprint density at radius 3 is 2.39 bits per heavy atom. The maximum Gasteiger partial charge on any atom is 0.347 e. The first-order chi connectivity index (χ1) is 13.3. The number of esters is 1. The number of carbonyl (C=O) groups is 2. The summed E-state index contributed by atoms with van der Waals surface area (Å²) in [5.41, 5.74) is 3.23. The van der Waals surface area contributed by atoms with Crippen LogP contribution in [0.4, 0.5) is 0 Å². The zero-order chi connectivity index (χ0) is 20.7. The number of rotatable bonds is 9. The minimum Gasteiger partial charge on any atom is -0.497 e. The fraction of sp³-hybridized carbons (Fsp3) is 0.381. The van der Waals surface area contributed by atoms with Gasteiger partial charge in [0.05, 0.1) is 13.3 Å². The van der Waals surface area contributed by atoms with E-state index in [2.05, 4.69) is 23.6 Å². The number of hydrogen-bond acceptors (Lipinski definition) is 6. The Kier molecular flexibility index (Phi) is 7.37. The van der Waals surface area contributed by atoms with Crippen molar-refractivity contribution < 1.29 is 23.9 Å². The first-order valence-electron chi connectivity index (χ1n) is 9.00. The summed E-state index contributed by atoms with van der Waals surface area (Å²) in [4.78, 5) is 29.0. The average Bonchev–Trinajstić information content (AvgIpc) is 2.98. The summed E-state index contributed by atoms with van der Waals surface area (Å²) in [6.07, 6.45) is 1.47. The Labute approximate surface area is 164 Å². The Bertz CT molecular complexity index is 850. The third-order valence-corrected chi connectivity index (χ3v) is 4.24. The van der Waals surface area contributed by atoms with Gasteiger partial charge in [-0.1, -0.05) is 5.16 Å². The van der Waals surface area contributed by atoms with Crippen molar-refractivity contribution in [2.45, 2.75) is 33.7 Å². The van der Waals surface area contributed by atoms with E-state index in [9.17, 15) is 9.59 Å². The third kappa shape index (κ3) is 5.45. The average molecular weight is 386 g/mol. The van der Waals surface area contributed by atoms with Crippen LogP contribution in [0.3, 0.4) is 0 Å². The topological polar surface area (TPSA) is 79.1 Å². The highest BCUT2D eigenvalue weighted by Crippen LogP contribution is 2.20. The van der Waals surface area contributed by atoms with Crippen molar-refractivity contribution in [3.8, 4) is 5.75 Å². The molecule has 0 saturated carbocycles. The molecule has 28 heavy (non-hydrogen) atoms. The van der Waals surface area contributed by atoms with Gasteiger partial charge in [0.25, 0.3) is 0 Å². The van der Waals surface area contributed by atoms with E-state index >= 15 is 0 Å². The number of Topliss-reactive ketones (excluding diaryl/α,β-unsaturated/α-hetero) is 1. The molecular formula is C21H26N2O5. The van der Waals surface area contributed by atoms with Gasteiger partial charge >= 0.3 is 5.97 Å². The lowest BCUT2D eigenvalue weighted by Gasteiger charge is -2.13. The molecular weight excluding hydrogens is 360 g/mol. The maximum atomic E-state index is 12.4. The van der Waals surface area contributed by atoms with Crippen LogP contribution >= 0.6 is 0 Å². The predicted octanol–water partition coefficient (Wildman–Crippen LogP) is 3.47. The molecule has 2 rings (SSSR count). The molecule has 0 aliphatic rings. The second-order valence-corrected chi connectivity index (χ2v) is 6.61. The van der Waals surface area contributed by atoms with Crippen LogP contribution < -0.4 is 4.74 Å². The van der Waals surface area contributed by atoms with E-state index in [1.54, 1.807) is 31.4 Å². The molecule has 150 valence electrons. The van der Waals surface area contributed by atoms with Gasteiger partial charge in [0.15, 0.2) is 6.61 Å². The highest BCUT2D eigenvalue weighted by atomic mass is 16.7. The number of hydrogen-bond donors (Lipinski definition) is 0. The van der Waals surface area contributed by atoms with Crippen molar-refractivity contribution >= 4 is 18.0 Å². The van der Waals surface area contributed by atoms with Crippen LogP contribution in [0.15, 0.2) is 35.5 Å². The fourth-order valence-electron chi connectivity index (χ4n) is 3.00. The number of aryl methyl sites for hydroxylation is 1. The number of ketones is 1. The molecule has 0 unspecified atom stereocenters. The minimum atomic E-state index is -0.655. The summed E-state index contributed by atoms with van der Waals surface area (Å²) in [5, 5.41) is 3.72. The number of aromatic nitrogens is 1. The molecule has 0 aliphatic heterocycles. The Morgan fingerprint density at radius 1 is 1.14 bits per heavy atom. The summed E-state index contributed by atoms with van der Waals surface area (Å²) in [5.74, 6) is -0.159. The number of benzene rings is 1. The summed E-state index contributed by atoms with van der Waals surface area (Å²) in [7, 11) is 1.59. The molecule has 0 N–H and O–H groups in total. The van der Waals surface area contributed by atoms with E-state index in [4.69, 9.17) is 14.3 Å². The molecule has 0 saturated heterocycles. The van der Waals surface area contributed by atoms with Gasteiger partial charge in [0.1, 0.15) is 5.75 Å². The maximum absolute atomic E-state index is 12.4. The molecule has 1 aromatic heterocycles.